The second-order valence-electron chi connectivity index (χ2n) is 6.85. The summed E-state index contributed by atoms with van der Waals surface area (Å²) in [5.74, 6) is -1.08. The zero-order chi connectivity index (χ0) is 20.5. The lowest BCUT2D eigenvalue weighted by Gasteiger charge is -2.15. The van der Waals surface area contributed by atoms with E-state index in [2.05, 4.69) is 6.07 Å². The van der Waals surface area contributed by atoms with Gasteiger partial charge in [-0.25, -0.2) is 4.39 Å². The maximum atomic E-state index is 14.0. The van der Waals surface area contributed by atoms with E-state index in [-0.39, 0.29) is 0 Å². The molecule has 29 heavy (non-hydrogen) atoms. The normalized spacial score (nSPS) is 10.7. The first-order chi connectivity index (χ1) is 14.0. The molecule has 0 aliphatic rings. The van der Waals surface area contributed by atoms with Crippen molar-refractivity contribution in [3.8, 4) is 39.9 Å². The smallest absolute Gasteiger partial charge is 0.166 e. The highest BCUT2D eigenvalue weighted by Gasteiger charge is 2.17. The van der Waals surface area contributed by atoms with Crippen molar-refractivity contribution in [1.29, 1.82) is 5.26 Å². The molecule has 2 radical (unpaired) electrons. The number of rotatable bonds is 3. The summed E-state index contributed by atoms with van der Waals surface area (Å²) >= 11 is 0. The van der Waals surface area contributed by atoms with Gasteiger partial charge in [0.05, 0.1) is 17.3 Å². The number of aryl methyl sites for hydroxylation is 1. The number of benzene rings is 3. The Morgan fingerprint density at radius 2 is 1.72 bits per heavy atom. The van der Waals surface area contributed by atoms with Crippen LogP contribution < -0.4 is 5.46 Å². The number of hydrogen-bond acceptors (Lipinski definition) is 2. The molecule has 0 amide bonds. The minimum Gasteiger partial charge on any atom is -0.505 e. The van der Waals surface area contributed by atoms with Crippen molar-refractivity contribution in [3.05, 3.63) is 89.9 Å². The summed E-state index contributed by atoms with van der Waals surface area (Å²) < 4.78 is 15.9. The summed E-state index contributed by atoms with van der Waals surface area (Å²) in [5.41, 5.74) is 6.47. The number of phenolic OH excluding ortho intramolecular Hbond substituents is 1. The standard InChI is InChI=1S/C24H16BFN2O/c1-15-12-16(14-27)2-8-20(15)24-21(17-3-5-18(25)6-4-17)10-11-28(24)19-7-9-23(29)22(26)13-19/h2-13,29H,1H3. The maximum Gasteiger partial charge on any atom is 0.166 e. The van der Waals surface area contributed by atoms with Crippen molar-refractivity contribution in [2.75, 3.05) is 0 Å². The van der Waals surface area contributed by atoms with Crippen LogP contribution in [0.25, 0.3) is 28.1 Å². The van der Waals surface area contributed by atoms with Gasteiger partial charge in [-0.1, -0.05) is 35.8 Å². The number of aromatic nitrogens is 1. The fourth-order valence-corrected chi connectivity index (χ4v) is 3.46. The fourth-order valence-electron chi connectivity index (χ4n) is 3.46. The van der Waals surface area contributed by atoms with E-state index in [0.29, 0.717) is 16.7 Å². The van der Waals surface area contributed by atoms with Gasteiger partial charge in [-0.3, -0.25) is 0 Å². The third-order valence-corrected chi connectivity index (χ3v) is 4.93. The van der Waals surface area contributed by atoms with Crippen molar-refractivity contribution < 1.29 is 9.50 Å². The van der Waals surface area contributed by atoms with E-state index < -0.39 is 11.6 Å². The largest absolute Gasteiger partial charge is 0.505 e. The van der Waals surface area contributed by atoms with Crippen molar-refractivity contribution in [2.24, 2.45) is 0 Å². The van der Waals surface area contributed by atoms with Gasteiger partial charge in [0.1, 0.15) is 7.85 Å². The Morgan fingerprint density at radius 1 is 0.966 bits per heavy atom. The van der Waals surface area contributed by atoms with Crippen LogP contribution in [0.1, 0.15) is 11.1 Å². The van der Waals surface area contributed by atoms with E-state index in [1.807, 2.05) is 60.2 Å². The number of phenols is 1. The molecule has 4 rings (SSSR count). The quantitative estimate of drug-likeness (QED) is 0.529. The first-order valence-corrected chi connectivity index (χ1v) is 9.05. The Kier molecular flexibility index (Phi) is 4.70. The molecule has 5 heteroatoms. The van der Waals surface area contributed by atoms with E-state index in [1.54, 1.807) is 12.1 Å². The molecular weight excluding hydrogens is 362 g/mol. The molecule has 0 spiro atoms. The van der Waals surface area contributed by atoms with Crippen molar-refractivity contribution in [3.63, 3.8) is 0 Å². The van der Waals surface area contributed by atoms with Crippen LogP contribution in [-0.4, -0.2) is 17.5 Å². The van der Waals surface area contributed by atoms with Crippen LogP contribution in [0.4, 0.5) is 4.39 Å². The zero-order valence-corrected chi connectivity index (χ0v) is 15.7. The molecule has 0 fully saturated rings. The van der Waals surface area contributed by atoms with Gasteiger partial charge in [-0.2, -0.15) is 5.26 Å². The number of nitriles is 1. The molecule has 0 aliphatic carbocycles. The highest BCUT2D eigenvalue weighted by atomic mass is 19.1. The van der Waals surface area contributed by atoms with Crippen LogP contribution in [0.3, 0.4) is 0 Å². The lowest BCUT2D eigenvalue weighted by atomic mass is 9.92. The van der Waals surface area contributed by atoms with Crippen LogP contribution in [0.15, 0.2) is 72.9 Å². The number of aromatic hydroxyl groups is 1. The van der Waals surface area contributed by atoms with E-state index in [4.69, 9.17) is 7.85 Å². The molecule has 0 atom stereocenters. The second kappa shape index (κ2) is 7.33. The van der Waals surface area contributed by atoms with Gasteiger partial charge >= 0.3 is 0 Å². The molecule has 0 bridgehead atoms. The number of nitrogens with zero attached hydrogens (tertiary/aromatic N) is 2. The first kappa shape index (κ1) is 18.6. The molecule has 138 valence electrons. The molecule has 3 nitrogen and oxygen atoms in total. The molecule has 1 aromatic heterocycles. The summed E-state index contributed by atoms with van der Waals surface area (Å²) in [4.78, 5) is 0. The number of hydrogen-bond donors (Lipinski definition) is 1. The molecule has 3 aromatic carbocycles. The van der Waals surface area contributed by atoms with Gasteiger partial charge in [-0.15, -0.1) is 0 Å². The fraction of sp³-hybridized carbons (Fsp3) is 0.0417. The number of halogens is 1. The summed E-state index contributed by atoms with van der Waals surface area (Å²) in [6.07, 6.45) is 1.87. The summed E-state index contributed by atoms with van der Waals surface area (Å²) in [5, 5.41) is 18.8. The molecular formula is C24H16BFN2O. The SMILES string of the molecule is [B]c1ccc(-c2ccn(-c3ccc(O)c(F)c3)c2-c2ccc(C#N)cc2C)cc1. The second-order valence-corrected chi connectivity index (χ2v) is 6.85. The highest BCUT2D eigenvalue weighted by molar-refractivity contribution is 6.32. The average Bonchev–Trinajstić information content (AvgIpc) is 3.15. The Bertz CT molecular complexity index is 1250. The Hall–Kier alpha value is -3.78. The molecule has 0 saturated carbocycles. The van der Waals surface area contributed by atoms with E-state index >= 15 is 0 Å². The van der Waals surface area contributed by atoms with Crippen LogP contribution in [0.2, 0.25) is 0 Å². The van der Waals surface area contributed by atoms with E-state index in [1.165, 1.54) is 12.1 Å². The van der Waals surface area contributed by atoms with Gasteiger partial charge in [0.15, 0.2) is 11.6 Å². The van der Waals surface area contributed by atoms with Crippen molar-refractivity contribution in [2.45, 2.75) is 6.92 Å². The summed E-state index contributed by atoms with van der Waals surface area (Å²) in [6, 6.07) is 21.5. The Labute approximate surface area is 169 Å². The van der Waals surface area contributed by atoms with Crippen LogP contribution in [0, 0.1) is 24.1 Å². The zero-order valence-electron chi connectivity index (χ0n) is 15.7. The van der Waals surface area contributed by atoms with E-state index in [0.717, 1.165) is 27.9 Å². The van der Waals surface area contributed by atoms with Crippen LogP contribution >= 0.6 is 0 Å². The van der Waals surface area contributed by atoms with Gasteiger partial charge in [0.25, 0.3) is 0 Å². The third kappa shape index (κ3) is 3.41. The minimum atomic E-state index is -0.687. The van der Waals surface area contributed by atoms with E-state index in [9.17, 15) is 14.8 Å². The predicted octanol–water partition coefficient (Wildman–Crippen LogP) is 4.63. The molecule has 0 unspecified atom stereocenters. The van der Waals surface area contributed by atoms with Crippen LogP contribution in [0.5, 0.6) is 5.75 Å². The Balaban J connectivity index is 1.99. The van der Waals surface area contributed by atoms with Gasteiger partial charge in [-0.05, 0) is 48.4 Å². The van der Waals surface area contributed by atoms with Gasteiger partial charge < -0.3 is 9.67 Å². The van der Waals surface area contributed by atoms with Gasteiger partial charge in [0, 0.05) is 29.1 Å². The minimum absolute atomic E-state index is 0.393. The first-order valence-electron chi connectivity index (χ1n) is 9.05. The lowest BCUT2D eigenvalue weighted by Crippen LogP contribution is -2.01. The average molecular weight is 378 g/mol. The maximum absolute atomic E-state index is 14.0. The monoisotopic (exact) mass is 378 g/mol. The Morgan fingerprint density at radius 3 is 2.38 bits per heavy atom. The lowest BCUT2D eigenvalue weighted by molar-refractivity contribution is 0.432. The van der Waals surface area contributed by atoms with Crippen molar-refractivity contribution >= 4 is 13.3 Å². The molecule has 4 aromatic rings. The molecule has 1 N–H and O–H groups in total. The third-order valence-electron chi connectivity index (χ3n) is 4.93. The highest BCUT2D eigenvalue weighted by Crippen LogP contribution is 2.37. The summed E-state index contributed by atoms with van der Waals surface area (Å²) in [7, 11) is 5.84. The molecule has 1 heterocycles. The van der Waals surface area contributed by atoms with Gasteiger partial charge in [0.2, 0.25) is 0 Å². The molecule has 0 saturated heterocycles. The van der Waals surface area contributed by atoms with Crippen molar-refractivity contribution in [1.82, 2.24) is 4.57 Å². The molecule has 0 aliphatic heterocycles. The topological polar surface area (TPSA) is 49.0 Å². The predicted molar refractivity (Wildman–Crippen MR) is 113 cm³/mol. The summed E-state index contributed by atoms with van der Waals surface area (Å²) in [6.45, 7) is 1.94. The van der Waals surface area contributed by atoms with Crippen LogP contribution in [-0.2, 0) is 0 Å².